The maximum Gasteiger partial charge on any atom is 0.265 e. The minimum atomic E-state index is -4.08. The molecule has 0 amide bonds. The predicted octanol–water partition coefficient (Wildman–Crippen LogP) is 5.41. The van der Waals surface area contributed by atoms with Gasteiger partial charge in [0.25, 0.3) is 10.1 Å². The van der Waals surface area contributed by atoms with E-state index in [0.717, 1.165) is 24.2 Å². The van der Waals surface area contributed by atoms with Crippen molar-refractivity contribution in [1.82, 2.24) is 4.90 Å². The lowest BCUT2D eigenvalue weighted by Crippen LogP contribution is -2.42. The molecule has 2 aliphatic carbocycles. The van der Waals surface area contributed by atoms with Gasteiger partial charge in [-0.1, -0.05) is 39.4 Å². The van der Waals surface area contributed by atoms with Crippen LogP contribution in [0.2, 0.25) is 19.6 Å². The summed E-state index contributed by atoms with van der Waals surface area (Å²) < 4.78 is 31.0. The molecule has 35 heavy (non-hydrogen) atoms. The standard InChI is InChI=1S/C17H26N2Si.C10H16O4S/c1-8-19(4)13-18-17-12-14(2)16(11-15(17)3)9-10-20(5,6)7;1-9(2)7-3-4-10(9,8(11)5-7)6-15(12,13)14/h11-13H,8H2,1-7H3;7H,3-6H2,1-2H3,(H,12,13,14). The van der Waals surface area contributed by atoms with Crippen LogP contribution in [0.15, 0.2) is 17.1 Å². The van der Waals surface area contributed by atoms with E-state index in [2.05, 4.69) is 73.9 Å². The zero-order valence-electron chi connectivity index (χ0n) is 22.8. The van der Waals surface area contributed by atoms with E-state index in [1.54, 1.807) is 0 Å². The Bertz CT molecular complexity index is 1160. The summed E-state index contributed by atoms with van der Waals surface area (Å²) in [6.07, 6.45) is 3.86. The fraction of sp³-hybridized carbons (Fsp3) is 0.630. The van der Waals surface area contributed by atoms with Gasteiger partial charge >= 0.3 is 0 Å². The molecular formula is C27H42N2O4SSi. The average Bonchev–Trinajstić information content (AvgIpc) is 3.05. The van der Waals surface area contributed by atoms with Crippen LogP contribution >= 0.6 is 0 Å². The van der Waals surface area contributed by atoms with Gasteiger partial charge < -0.3 is 4.90 Å². The highest BCUT2D eigenvalue weighted by Gasteiger charge is 2.65. The molecule has 0 aromatic heterocycles. The second-order valence-electron chi connectivity index (χ2n) is 11.7. The lowest BCUT2D eigenvalue weighted by atomic mass is 9.70. The van der Waals surface area contributed by atoms with Gasteiger partial charge in [-0.3, -0.25) is 9.35 Å². The van der Waals surface area contributed by atoms with Crippen LogP contribution in [0.25, 0.3) is 0 Å². The van der Waals surface area contributed by atoms with Gasteiger partial charge in [-0.05, 0) is 68.2 Å². The molecule has 0 aliphatic heterocycles. The van der Waals surface area contributed by atoms with Crippen molar-refractivity contribution in [1.29, 1.82) is 0 Å². The van der Waals surface area contributed by atoms with Gasteiger partial charge in [0.1, 0.15) is 13.9 Å². The first-order valence-corrected chi connectivity index (χ1v) is 17.4. The van der Waals surface area contributed by atoms with Crippen LogP contribution < -0.4 is 0 Å². The van der Waals surface area contributed by atoms with Gasteiger partial charge in [0.2, 0.25) is 0 Å². The second-order valence-corrected chi connectivity index (χ2v) is 17.9. The molecule has 1 aromatic carbocycles. The molecule has 194 valence electrons. The highest BCUT2D eigenvalue weighted by atomic mass is 32.2. The number of benzene rings is 1. The maximum absolute atomic E-state index is 11.9. The predicted molar refractivity (Wildman–Crippen MR) is 148 cm³/mol. The Labute approximate surface area is 213 Å². The number of hydrogen-bond acceptors (Lipinski definition) is 4. The molecular weight excluding hydrogens is 476 g/mol. The third-order valence-electron chi connectivity index (χ3n) is 7.58. The molecule has 6 nitrogen and oxygen atoms in total. The Hall–Kier alpha value is -1.95. The molecule has 2 atom stereocenters. The number of aryl methyl sites for hydroxylation is 2. The first kappa shape index (κ1) is 29.3. The smallest absolute Gasteiger partial charge is 0.265 e. The highest BCUT2D eigenvalue weighted by molar-refractivity contribution is 7.85. The van der Waals surface area contributed by atoms with Crippen molar-refractivity contribution in [2.45, 2.75) is 73.5 Å². The fourth-order valence-corrected chi connectivity index (χ4v) is 6.80. The molecule has 2 aliphatic rings. The van der Waals surface area contributed by atoms with E-state index in [9.17, 15) is 13.2 Å². The summed E-state index contributed by atoms with van der Waals surface area (Å²) in [6.45, 7) is 18.0. The maximum atomic E-state index is 11.9. The number of fused-ring (bicyclic) bond motifs is 2. The van der Waals surface area contributed by atoms with Crippen LogP contribution in [-0.2, 0) is 14.9 Å². The number of carbonyl (C=O) groups is 1. The molecule has 0 heterocycles. The molecule has 1 N–H and O–H groups in total. The molecule has 2 unspecified atom stereocenters. The molecule has 2 fully saturated rings. The van der Waals surface area contributed by atoms with Gasteiger partial charge in [-0.25, -0.2) is 4.99 Å². The van der Waals surface area contributed by atoms with E-state index < -0.39 is 29.4 Å². The lowest BCUT2D eigenvalue weighted by molar-refractivity contribution is -0.128. The van der Waals surface area contributed by atoms with Crippen LogP contribution in [-0.4, -0.2) is 57.4 Å². The third-order valence-corrected chi connectivity index (χ3v) is 9.31. The van der Waals surface area contributed by atoms with Crippen LogP contribution in [0.5, 0.6) is 0 Å². The highest BCUT2D eigenvalue weighted by Crippen LogP contribution is 2.64. The monoisotopic (exact) mass is 518 g/mol. The molecule has 3 rings (SSSR count). The molecule has 2 saturated carbocycles. The number of hydrogen-bond donors (Lipinski definition) is 1. The topological polar surface area (TPSA) is 87.0 Å². The van der Waals surface area contributed by atoms with Gasteiger partial charge in [0, 0.05) is 25.6 Å². The molecule has 8 heteroatoms. The Morgan fingerprint density at radius 2 is 1.86 bits per heavy atom. The summed E-state index contributed by atoms with van der Waals surface area (Å²) >= 11 is 0. The van der Waals surface area contributed by atoms with Crippen molar-refractivity contribution in [2.24, 2.45) is 21.7 Å². The van der Waals surface area contributed by atoms with Crippen LogP contribution in [0.3, 0.4) is 0 Å². The van der Waals surface area contributed by atoms with E-state index in [1.807, 2.05) is 27.2 Å². The van der Waals surface area contributed by atoms with Crippen LogP contribution in [0.4, 0.5) is 5.69 Å². The van der Waals surface area contributed by atoms with E-state index in [0.29, 0.717) is 12.8 Å². The summed E-state index contributed by atoms with van der Waals surface area (Å²) in [5.74, 6) is 3.25. The van der Waals surface area contributed by atoms with Crippen molar-refractivity contribution in [3.05, 3.63) is 28.8 Å². The van der Waals surface area contributed by atoms with Crippen molar-refractivity contribution in [3.8, 4) is 11.5 Å². The minimum absolute atomic E-state index is 0.0152. The second kappa shape index (κ2) is 10.6. The molecule has 1 aromatic rings. The van der Waals surface area contributed by atoms with Gasteiger partial charge in [0.15, 0.2) is 0 Å². The zero-order valence-corrected chi connectivity index (χ0v) is 24.6. The normalized spacial score (nSPS) is 23.0. The molecule has 0 spiro atoms. The largest absolute Gasteiger partial charge is 0.366 e. The Kier molecular flexibility index (Phi) is 8.85. The lowest BCUT2D eigenvalue weighted by Gasteiger charge is -2.35. The number of rotatable bonds is 5. The minimum Gasteiger partial charge on any atom is -0.366 e. The molecule has 2 bridgehead atoms. The summed E-state index contributed by atoms with van der Waals surface area (Å²) in [5.41, 5.74) is 6.85. The van der Waals surface area contributed by atoms with E-state index in [-0.39, 0.29) is 17.1 Å². The fourth-order valence-electron chi connectivity index (χ4n) is 4.99. The summed E-state index contributed by atoms with van der Waals surface area (Å²) in [4.78, 5) is 18.5. The Morgan fingerprint density at radius 3 is 2.31 bits per heavy atom. The van der Waals surface area contributed by atoms with E-state index in [4.69, 9.17) is 4.55 Å². The third kappa shape index (κ3) is 7.05. The SMILES string of the molecule is CC1(C)C2CCC1(CS(=O)(=O)O)C(=O)C2.CCN(C)C=Nc1cc(C)c(C#C[Si](C)(C)C)cc1C. The number of carbonyl (C=O) groups excluding carboxylic acids is 1. The number of ketones is 1. The van der Waals surface area contributed by atoms with Crippen molar-refractivity contribution >= 4 is 36.0 Å². The Balaban J connectivity index is 0.000000256. The number of Topliss-reactive ketones (excluding diaryl/α,β-unsaturated/α-hetero) is 1. The average molecular weight is 519 g/mol. The number of aliphatic imine (C=N–C) groups is 1. The Morgan fingerprint density at radius 1 is 1.23 bits per heavy atom. The van der Waals surface area contributed by atoms with Crippen molar-refractivity contribution < 1.29 is 17.8 Å². The van der Waals surface area contributed by atoms with Crippen molar-refractivity contribution in [2.75, 3.05) is 19.3 Å². The first-order valence-electron chi connectivity index (χ1n) is 12.3. The molecule has 0 radical (unpaired) electrons. The summed E-state index contributed by atoms with van der Waals surface area (Å²) in [5, 5.41) is 0. The first-order chi connectivity index (χ1) is 15.9. The van der Waals surface area contributed by atoms with E-state index >= 15 is 0 Å². The van der Waals surface area contributed by atoms with Gasteiger partial charge in [-0.15, -0.1) is 5.54 Å². The van der Waals surface area contributed by atoms with Crippen LogP contribution in [0, 0.1) is 42.1 Å². The quantitative estimate of drug-likeness (QED) is 0.185. The van der Waals surface area contributed by atoms with Crippen molar-refractivity contribution in [3.63, 3.8) is 0 Å². The summed E-state index contributed by atoms with van der Waals surface area (Å²) in [6, 6.07) is 4.28. The summed E-state index contributed by atoms with van der Waals surface area (Å²) in [7, 11) is -3.38. The van der Waals surface area contributed by atoms with Gasteiger partial charge in [0.05, 0.1) is 23.2 Å². The zero-order chi connectivity index (χ0) is 26.8. The van der Waals surface area contributed by atoms with Crippen LogP contribution in [0.1, 0.15) is 56.7 Å². The molecule has 0 saturated heterocycles. The number of nitrogens with zero attached hydrogens (tertiary/aromatic N) is 2. The van der Waals surface area contributed by atoms with Gasteiger partial charge in [-0.2, -0.15) is 8.42 Å². The van der Waals surface area contributed by atoms with E-state index in [1.165, 1.54) is 11.1 Å².